The quantitative estimate of drug-likeness (QED) is 0.733. The van der Waals surface area contributed by atoms with Crippen LogP contribution >= 0.6 is 22.7 Å². The van der Waals surface area contributed by atoms with Crippen LogP contribution in [0.25, 0.3) is 9.40 Å². The number of fused-ring (bicyclic) bond motifs is 1. The summed E-state index contributed by atoms with van der Waals surface area (Å²) in [5.74, 6) is 0. The molecule has 1 aliphatic rings. The van der Waals surface area contributed by atoms with E-state index in [1.165, 1.54) is 46.4 Å². The molecule has 102 valence electrons. The average Bonchev–Trinajstić information content (AvgIpc) is 2.88. The third-order valence-corrected chi connectivity index (χ3v) is 5.96. The molecule has 1 nitrogen and oxygen atoms in total. The second-order valence-electron chi connectivity index (χ2n) is 5.17. The molecule has 0 bridgehead atoms. The smallest absolute Gasteiger partial charge is 0.0631 e. The summed E-state index contributed by atoms with van der Waals surface area (Å²) in [5, 5.41) is 5.89. The van der Waals surface area contributed by atoms with Gasteiger partial charge in [0.1, 0.15) is 0 Å². The fraction of sp³-hybridized carbons (Fsp3) is 0.500. The van der Waals surface area contributed by atoms with Crippen molar-refractivity contribution in [3.05, 3.63) is 34.0 Å². The van der Waals surface area contributed by atoms with E-state index in [1.54, 1.807) is 5.57 Å². The highest BCUT2D eigenvalue weighted by molar-refractivity contribution is 7.27. The summed E-state index contributed by atoms with van der Waals surface area (Å²) < 4.78 is 2.88. The van der Waals surface area contributed by atoms with Crippen molar-refractivity contribution in [2.24, 2.45) is 0 Å². The molecule has 1 atom stereocenters. The monoisotopic (exact) mass is 291 g/mol. The lowest BCUT2D eigenvalue weighted by Crippen LogP contribution is -2.22. The third-order valence-electron chi connectivity index (χ3n) is 3.80. The Morgan fingerprint density at radius 3 is 3.05 bits per heavy atom. The average molecular weight is 291 g/mol. The van der Waals surface area contributed by atoms with Crippen molar-refractivity contribution in [3.8, 4) is 0 Å². The predicted octanol–water partition coefficient (Wildman–Crippen LogP) is 5.50. The minimum absolute atomic E-state index is 0.452. The van der Waals surface area contributed by atoms with Crippen LogP contribution in [0.1, 0.15) is 49.9 Å². The minimum Gasteiger partial charge on any atom is -0.306 e. The molecule has 2 heterocycles. The van der Waals surface area contributed by atoms with Gasteiger partial charge in [-0.2, -0.15) is 0 Å². The number of hydrogen-bond donors (Lipinski definition) is 1. The summed E-state index contributed by atoms with van der Waals surface area (Å²) in [7, 11) is 0. The normalized spacial score (nSPS) is 18.3. The van der Waals surface area contributed by atoms with Crippen LogP contribution < -0.4 is 5.32 Å². The Morgan fingerprint density at radius 1 is 1.26 bits per heavy atom. The molecule has 1 unspecified atom stereocenters. The van der Waals surface area contributed by atoms with Crippen LogP contribution in [0.15, 0.2) is 29.2 Å². The van der Waals surface area contributed by atoms with Crippen LogP contribution in [0.2, 0.25) is 0 Å². The van der Waals surface area contributed by atoms with Gasteiger partial charge < -0.3 is 5.32 Å². The molecular formula is C16H21NS2. The Morgan fingerprint density at radius 2 is 2.21 bits per heavy atom. The highest BCUT2D eigenvalue weighted by Crippen LogP contribution is 2.37. The zero-order valence-electron chi connectivity index (χ0n) is 11.4. The first-order valence-electron chi connectivity index (χ1n) is 7.27. The van der Waals surface area contributed by atoms with Crippen molar-refractivity contribution in [1.29, 1.82) is 0 Å². The molecule has 0 aliphatic heterocycles. The second kappa shape index (κ2) is 6.21. The van der Waals surface area contributed by atoms with Crippen LogP contribution in [0.5, 0.6) is 0 Å². The van der Waals surface area contributed by atoms with E-state index in [-0.39, 0.29) is 0 Å². The summed E-state index contributed by atoms with van der Waals surface area (Å²) in [5.41, 5.74) is 1.62. The molecule has 0 aromatic carbocycles. The van der Waals surface area contributed by atoms with Crippen molar-refractivity contribution in [2.75, 3.05) is 6.54 Å². The number of allylic oxidation sites excluding steroid dienone is 1. The second-order valence-corrected chi connectivity index (χ2v) is 7.23. The molecule has 0 radical (unpaired) electrons. The number of rotatable bonds is 4. The van der Waals surface area contributed by atoms with Gasteiger partial charge in [-0.05, 0) is 49.7 Å². The van der Waals surface area contributed by atoms with Gasteiger partial charge in [0, 0.05) is 14.3 Å². The summed E-state index contributed by atoms with van der Waals surface area (Å²) in [4.78, 5) is 1.50. The van der Waals surface area contributed by atoms with Crippen molar-refractivity contribution in [2.45, 2.75) is 45.1 Å². The molecule has 0 fully saturated rings. The molecule has 0 saturated heterocycles. The van der Waals surface area contributed by atoms with E-state index >= 15 is 0 Å². The largest absolute Gasteiger partial charge is 0.306 e. The van der Waals surface area contributed by atoms with Gasteiger partial charge in [-0.15, -0.1) is 22.7 Å². The van der Waals surface area contributed by atoms with E-state index in [2.05, 4.69) is 35.8 Å². The van der Waals surface area contributed by atoms with Gasteiger partial charge in [0.15, 0.2) is 0 Å². The van der Waals surface area contributed by atoms with E-state index in [9.17, 15) is 0 Å². The van der Waals surface area contributed by atoms with Crippen molar-refractivity contribution >= 4 is 32.1 Å². The van der Waals surface area contributed by atoms with Gasteiger partial charge in [0.2, 0.25) is 0 Å². The topological polar surface area (TPSA) is 12.0 Å². The molecule has 0 saturated carbocycles. The molecule has 3 rings (SSSR count). The van der Waals surface area contributed by atoms with Crippen LogP contribution in [0, 0.1) is 0 Å². The maximum absolute atomic E-state index is 3.69. The van der Waals surface area contributed by atoms with Gasteiger partial charge in [0.05, 0.1) is 6.04 Å². The summed E-state index contributed by atoms with van der Waals surface area (Å²) >= 11 is 3.82. The molecule has 1 aliphatic carbocycles. The number of nitrogens with one attached hydrogen (secondary N) is 1. The highest BCUT2D eigenvalue weighted by Gasteiger charge is 2.19. The third kappa shape index (κ3) is 2.93. The lowest BCUT2D eigenvalue weighted by atomic mass is 10.0. The van der Waals surface area contributed by atoms with Crippen LogP contribution in [0.3, 0.4) is 0 Å². The summed E-state index contributed by atoms with van der Waals surface area (Å²) in [6.45, 7) is 3.24. The van der Waals surface area contributed by atoms with E-state index in [4.69, 9.17) is 0 Å². The Hall–Kier alpha value is -0.640. The molecular weight excluding hydrogens is 270 g/mol. The number of likely N-dealkylation sites (N-methyl/N-ethyl adjacent to an activating group) is 1. The van der Waals surface area contributed by atoms with Crippen LogP contribution in [0.4, 0.5) is 0 Å². The van der Waals surface area contributed by atoms with Crippen LogP contribution in [-0.2, 0) is 0 Å². The Labute approximate surface area is 123 Å². The Balaban J connectivity index is 1.90. The summed E-state index contributed by atoms with van der Waals surface area (Å²) in [6.07, 6.45) is 9.13. The van der Waals surface area contributed by atoms with Crippen LogP contribution in [-0.4, -0.2) is 6.54 Å². The van der Waals surface area contributed by atoms with Crippen molar-refractivity contribution in [1.82, 2.24) is 5.32 Å². The van der Waals surface area contributed by atoms with E-state index < -0.39 is 0 Å². The lowest BCUT2D eigenvalue weighted by Gasteiger charge is -2.19. The van der Waals surface area contributed by atoms with Gasteiger partial charge >= 0.3 is 0 Å². The fourth-order valence-electron chi connectivity index (χ4n) is 2.85. The number of thiophene rings is 2. The van der Waals surface area contributed by atoms with E-state index in [0.717, 1.165) is 6.54 Å². The highest BCUT2D eigenvalue weighted by atomic mass is 32.1. The van der Waals surface area contributed by atoms with Gasteiger partial charge in [-0.25, -0.2) is 0 Å². The molecule has 0 amide bonds. The van der Waals surface area contributed by atoms with Crippen molar-refractivity contribution < 1.29 is 0 Å². The minimum atomic E-state index is 0.452. The lowest BCUT2D eigenvalue weighted by molar-refractivity contribution is 0.597. The van der Waals surface area contributed by atoms with Gasteiger partial charge in [0.25, 0.3) is 0 Å². The first-order chi connectivity index (χ1) is 9.38. The molecule has 3 heteroatoms. The Kier molecular flexibility index (Phi) is 4.36. The molecule has 2 aromatic rings. The molecule has 19 heavy (non-hydrogen) atoms. The van der Waals surface area contributed by atoms with E-state index in [0.29, 0.717) is 6.04 Å². The Bertz CT molecular complexity index is 536. The molecule has 0 spiro atoms. The van der Waals surface area contributed by atoms with Gasteiger partial charge in [-0.1, -0.05) is 25.0 Å². The number of hydrogen-bond acceptors (Lipinski definition) is 3. The fourth-order valence-corrected chi connectivity index (χ4v) is 5.09. The first kappa shape index (κ1) is 13.3. The zero-order valence-corrected chi connectivity index (χ0v) is 13.1. The predicted molar refractivity (Wildman–Crippen MR) is 87.3 cm³/mol. The van der Waals surface area contributed by atoms with Crippen molar-refractivity contribution in [3.63, 3.8) is 0 Å². The SMILES string of the molecule is CCNC(C1=CCCCCC1)c1cc2sccc2s1. The maximum atomic E-state index is 3.69. The van der Waals surface area contributed by atoms with E-state index in [1.807, 2.05) is 22.7 Å². The molecule has 2 aromatic heterocycles. The molecule has 1 N–H and O–H groups in total. The maximum Gasteiger partial charge on any atom is 0.0631 e. The first-order valence-corrected chi connectivity index (χ1v) is 8.97. The standard InChI is InChI=1S/C16H21NS2/c1-2-17-16(12-7-5-3-4-6-8-12)15-11-14-13(19-15)9-10-18-14/h7,9-11,16-17H,2-6,8H2,1H3. The summed E-state index contributed by atoms with van der Waals surface area (Å²) in [6, 6.07) is 5.09. The zero-order chi connectivity index (χ0) is 13.1. The van der Waals surface area contributed by atoms with Gasteiger partial charge in [-0.3, -0.25) is 0 Å².